The molecule has 0 bridgehead atoms. The molecular weight excluding hydrogens is 244 g/mol. The van der Waals surface area contributed by atoms with Crippen molar-refractivity contribution in [3.8, 4) is 0 Å². The highest BCUT2D eigenvalue weighted by atomic mass is 16.4. The summed E-state index contributed by atoms with van der Waals surface area (Å²) in [6, 6.07) is 6.56. The van der Waals surface area contributed by atoms with E-state index in [1.165, 1.54) is 0 Å². The van der Waals surface area contributed by atoms with Gasteiger partial charge in [-0.25, -0.2) is 9.59 Å². The molecule has 0 aromatic heterocycles. The van der Waals surface area contributed by atoms with Crippen LogP contribution >= 0.6 is 0 Å². The van der Waals surface area contributed by atoms with Crippen LogP contribution in [0.5, 0.6) is 0 Å². The van der Waals surface area contributed by atoms with E-state index in [2.05, 4.69) is 10.6 Å². The van der Waals surface area contributed by atoms with E-state index in [0.717, 1.165) is 24.0 Å². The Morgan fingerprint density at radius 2 is 2.05 bits per heavy atom. The van der Waals surface area contributed by atoms with Gasteiger partial charge in [0.1, 0.15) is 6.04 Å². The van der Waals surface area contributed by atoms with Crippen LogP contribution in [-0.4, -0.2) is 23.1 Å². The summed E-state index contributed by atoms with van der Waals surface area (Å²) < 4.78 is 0. The van der Waals surface area contributed by atoms with Crippen LogP contribution in [0.4, 0.5) is 4.79 Å². The lowest BCUT2D eigenvalue weighted by atomic mass is 10.1. The normalized spacial score (nSPS) is 15.6. The van der Waals surface area contributed by atoms with Gasteiger partial charge in [-0.05, 0) is 36.8 Å². The van der Waals surface area contributed by atoms with Gasteiger partial charge in [0.25, 0.3) is 0 Å². The number of benzene rings is 1. The largest absolute Gasteiger partial charge is 0.480 e. The van der Waals surface area contributed by atoms with Gasteiger partial charge in [0.05, 0.1) is 0 Å². The van der Waals surface area contributed by atoms with Gasteiger partial charge in [-0.2, -0.15) is 0 Å². The summed E-state index contributed by atoms with van der Waals surface area (Å²) in [7, 11) is 0. The van der Waals surface area contributed by atoms with Crippen LogP contribution in [0.2, 0.25) is 0 Å². The fraction of sp³-hybridized carbons (Fsp3) is 0.429. The van der Waals surface area contributed by atoms with Crippen molar-refractivity contribution in [1.82, 2.24) is 10.6 Å². The van der Waals surface area contributed by atoms with E-state index in [-0.39, 0.29) is 5.92 Å². The van der Waals surface area contributed by atoms with Crippen LogP contribution in [0.3, 0.4) is 0 Å². The van der Waals surface area contributed by atoms with Gasteiger partial charge in [0, 0.05) is 6.54 Å². The molecule has 2 amide bonds. The number of urea groups is 1. The molecule has 0 spiro atoms. The van der Waals surface area contributed by atoms with Crippen molar-refractivity contribution < 1.29 is 14.7 Å². The van der Waals surface area contributed by atoms with Crippen LogP contribution in [0.15, 0.2) is 24.3 Å². The van der Waals surface area contributed by atoms with Crippen molar-refractivity contribution in [2.45, 2.75) is 32.4 Å². The van der Waals surface area contributed by atoms with Gasteiger partial charge in [-0.1, -0.05) is 24.3 Å². The third-order valence-corrected chi connectivity index (χ3v) is 3.35. The molecule has 2 rings (SSSR count). The first kappa shape index (κ1) is 13.4. The highest BCUT2D eigenvalue weighted by molar-refractivity contribution is 5.83. The fourth-order valence-electron chi connectivity index (χ4n) is 1.99. The number of aryl methyl sites for hydroxylation is 1. The standard InChI is InChI=1S/C14H18N2O3/c1-9-4-2-3-5-11(9)8-15-14(19)16-12(13(17)18)10-6-7-10/h2-5,10,12H,6-8H2,1H3,(H,17,18)(H2,15,16,19). The molecule has 1 aromatic carbocycles. The number of rotatable bonds is 5. The molecule has 3 N–H and O–H groups in total. The number of aliphatic carboxylic acids is 1. The van der Waals surface area contributed by atoms with Gasteiger partial charge >= 0.3 is 12.0 Å². The Labute approximate surface area is 112 Å². The first-order valence-corrected chi connectivity index (χ1v) is 6.39. The molecular formula is C14H18N2O3. The molecule has 1 aliphatic rings. The molecule has 0 saturated heterocycles. The number of amides is 2. The SMILES string of the molecule is Cc1ccccc1CNC(=O)NC(C(=O)O)C1CC1. The molecule has 5 heteroatoms. The Kier molecular flexibility index (Phi) is 4.04. The average Bonchev–Trinajstić information content (AvgIpc) is 3.19. The predicted octanol–water partition coefficient (Wildman–Crippen LogP) is 1.66. The van der Waals surface area contributed by atoms with Gasteiger partial charge in [0.15, 0.2) is 0 Å². The number of nitrogens with one attached hydrogen (secondary N) is 2. The second-order valence-electron chi connectivity index (χ2n) is 4.91. The topological polar surface area (TPSA) is 78.4 Å². The van der Waals surface area contributed by atoms with Gasteiger partial charge in [0.2, 0.25) is 0 Å². The molecule has 19 heavy (non-hydrogen) atoms. The molecule has 1 aliphatic carbocycles. The fourth-order valence-corrected chi connectivity index (χ4v) is 1.99. The maximum absolute atomic E-state index is 11.7. The smallest absolute Gasteiger partial charge is 0.326 e. The van der Waals surface area contributed by atoms with Gasteiger partial charge in [-0.15, -0.1) is 0 Å². The van der Waals surface area contributed by atoms with Crippen LogP contribution in [0.1, 0.15) is 24.0 Å². The van der Waals surface area contributed by atoms with Crippen molar-refractivity contribution in [1.29, 1.82) is 0 Å². The monoisotopic (exact) mass is 262 g/mol. The zero-order valence-corrected chi connectivity index (χ0v) is 10.8. The minimum Gasteiger partial charge on any atom is -0.480 e. The van der Waals surface area contributed by atoms with E-state index in [1.807, 2.05) is 31.2 Å². The van der Waals surface area contributed by atoms with Crippen molar-refractivity contribution >= 4 is 12.0 Å². The van der Waals surface area contributed by atoms with Gasteiger partial charge < -0.3 is 15.7 Å². The summed E-state index contributed by atoms with van der Waals surface area (Å²) in [5.41, 5.74) is 2.12. The number of hydrogen-bond donors (Lipinski definition) is 3. The zero-order chi connectivity index (χ0) is 13.8. The van der Waals surface area contributed by atoms with E-state index < -0.39 is 18.0 Å². The van der Waals surface area contributed by atoms with Crippen molar-refractivity contribution in [2.75, 3.05) is 0 Å². The lowest BCUT2D eigenvalue weighted by Gasteiger charge is -2.14. The first-order valence-electron chi connectivity index (χ1n) is 6.39. The Hall–Kier alpha value is -2.04. The number of carboxylic acid groups (broad SMARTS) is 1. The third-order valence-electron chi connectivity index (χ3n) is 3.35. The Morgan fingerprint density at radius 3 is 2.63 bits per heavy atom. The summed E-state index contributed by atoms with van der Waals surface area (Å²) in [4.78, 5) is 22.7. The minimum atomic E-state index is -0.964. The number of carbonyl (C=O) groups excluding carboxylic acids is 1. The van der Waals surface area contributed by atoms with E-state index >= 15 is 0 Å². The van der Waals surface area contributed by atoms with Crippen molar-refractivity contribution in [3.63, 3.8) is 0 Å². The van der Waals surface area contributed by atoms with Crippen LogP contribution in [0, 0.1) is 12.8 Å². The Balaban J connectivity index is 1.84. The van der Waals surface area contributed by atoms with E-state index in [9.17, 15) is 9.59 Å². The van der Waals surface area contributed by atoms with Gasteiger partial charge in [-0.3, -0.25) is 0 Å². The molecule has 1 aromatic rings. The average molecular weight is 262 g/mol. The van der Waals surface area contributed by atoms with Crippen LogP contribution in [-0.2, 0) is 11.3 Å². The summed E-state index contributed by atoms with van der Waals surface area (Å²) in [6.45, 7) is 2.37. The molecule has 1 saturated carbocycles. The first-order chi connectivity index (χ1) is 9.08. The van der Waals surface area contributed by atoms with E-state index in [0.29, 0.717) is 6.54 Å². The maximum atomic E-state index is 11.7. The van der Waals surface area contributed by atoms with Crippen molar-refractivity contribution in [2.24, 2.45) is 5.92 Å². The second-order valence-corrected chi connectivity index (χ2v) is 4.91. The Bertz CT molecular complexity index is 483. The van der Waals surface area contributed by atoms with Crippen LogP contribution < -0.4 is 10.6 Å². The molecule has 1 unspecified atom stereocenters. The highest BCUT2D eigenvalue weighted by Gasteiger charge is 2.37. The lowest BCUT2D eigenvalue weighted by Crippen LogP contribution is -2.47. The Morgan fingerprint density at radius 1 is 1.37 bits per heavy atom. The molecule has 0 radical (unpaired) electrons. The quantitative estimate of drug-likeness (QED) is 0.755. The maximum Gasteiger partial charge on any atom is 0.326 e. The summed E-state index contributed by atoms with van der Waals surface area (Å²) >= 11 is 0. The van der Waals surface area contributed by atoms with Crippen LogP contribution in [0.25, 0.3) is 0 Å². The zero-order valence-electron chi connectivity index (χ0n) is 10.8. The summed E-state index contributed by atoms with van der Waals surface area (Å²) in [5.74, 6) is -0.879. The molecule has 0 heterocycles. The number of hydrogen-bond acceptors (Lipinski definition) is 2. The molecule has 1 fully saturated rings. The van der Waals surface area contributed by atoms with E-state index in [4.69, 9.17) is 5.11 Å². The summed E-state index contributed by atoms with van der Waals surface area (Å²) in [5, 5.41) is 14.2. The molecule has 1 atom stereocenters. The van der Waals surface area contributed by atoms with E-state index in [1.54, 1.807) is 0 Å². The molecule has 5 nitrogen and oxygen atoms in total. The molecule has 0 aliphatic heterocycles. The number of carboxylic acids is 1. The lowest BCUT2D eigenvalue weighted by molar-refractivity contribution is -0.139. The number of carbonyl (C=O) groups is 2. The highest BCUT2D eigenvalue weighted by Crippen LogP contribution is 2.32. The molecule has 102 valence electrons. The second kappa shape index (κ2) is 5.73. The minimum absolute atomic E-state index is 0.0849. The predicted molar refractivity (Wildman–Crippen MR) is 70.7 cm³/mol. The summed E-state index contributed by atoms with van der Waals surface area (Å²) in [6.07, 6.45) is 1.74. The third kappa shape index (κ3) is 3.71. The van der Waals surface area contributed by atoms with Crippen molar-refractivity contribution in [3.05, 3.63) is 35.4 Å².